The molecular formula is C53H84N16O16S. The highest BCUT2D eigenvalue weighted by atomic mass is 32.1. The van der Waals surface area contributed by atoms with Crippen molar-refractivity contribution in [3.63, 3.8) is 0 Å². The number of aromatic nitrogens is 2. The van der Waals surface area contributed by atoms with Crippen LogP contribution in [0.1, 0.15) is 97.7 Å². The van der Waals surface area contributed by atoms with Crippen LogP contribution in [0, 0.1) is 11.8 Å². The Morgan fingerprint density at radius 3 is 1.50 bits per heavy atom. The summed E-state index contributed by atoms with van der Waals surface area (Å²) in [5.74, 6) is -14.4. The highest BCUT2D eigenvalue weighted by molar-refractivity contribution is 7.80. The van der Waals surface area contributed by atoms with E-state index in [2.05, 4.69) is 75.4 Å². The number of aliphatic imine (C=N–C) groups is 1. The maximum Gasteiger partial charge on any atom is 0.326 e. The van der Waals surface area contributed by atoms with Crippen molar-refractivity contribution in [1.82, 2.24) is 57.8 Å². The van der Waals surface area contributed by atoms with Crippen molar-refractivity contribution in [2.45, 2.75) is 172 Å². The van der Waals surface area contributed by atoms with E-state index in [0.29, 0.717) is 11.3 Å². The van der Waals surface area contributed by atoms with Crippen LogP contribution in [0.3, 0.4) is 0 Å². The summed E-state index contributed by atoms with van der Waals surface area (Å²) in [7, 11) is 0. The molecule has 0 aliphatic rings. The molecule has 86 heavy (non-hydrogen) atoms. The Kier molecular flexibility index (Phi) is 31.8. The van der Waals surface area contributed by atoms with E-state index in [9.17, 15) is 78.0 Å². The summed E-state index contributed by atoms with van der Waals surface area (Å²) in [6.45, 7) is 8.53. The van der Waals surface area contributed by atoms with Gasteiger partial charge >= 0.3 is 11.9 Å². The molecule has 2 rings (SSSR count). The highest BCUT2D eigenvalue weighted by Crippen LogP contribution is 2.13. The lowest BCUT2D eigenvalue weighted by molar-refractivity contribution is -0.143. The number of hydrogen-bond acceptors (Lipinski definition) is 18. The second-order valence-electron chi connectivity index (χ2n) is 21.2. The molecule has 12 atom stereocenters. The van der Waals surface area contributed by atoms with E-state index in [0.717, 1.165) is 13.8 Å². The van der Waals surface area contributed by atoms with Gasteiger partial charge in [0.1, 0.15) is 54.4 Å². The zero-order valence-corrected chi connectivity index (χ0v) is 49.6. The number of thiol groups is 1. The second kappa shape index (κ2) is 37.1. The van der Waals surface area contributed by atoms with E-state index in [1.165, 1.54) is 26.4 Å². The third kappa shape index (κ3) is 26.7. The Bertz CT molecular complexity index is 2640. The first-order valence-electron chi connectivity index (χ1n) is 27.6. The normalized spacial score (nSPS) is 15.3. The predicted octanol–water partition coefficient (Wildman–Crippen LogP) is -5.45. The molecule has 0 radical (unpaired) electrons. The fourth-order valence-electron chi connectivity index (χ4n) is 8.24. The van der Waals surface area contributed by atoms with Gasteiger partial charge in [-0.25, -0.2) is 9.78 Å². The molecule has 0 fully saturated rings. The number of rotatable bonds is 39. The number of H-pyrrole nitrogens is 1. The van der Waals surface area contributed by atoms with Gasteiger partial charge in [-0.1, -0.05) is 58.0 Å². The Hall–Kier alpha value is -8.43. The molecule has 10 amide bonds. The summed E-state index contributed by atoms with van der Waals surface area (Å²) in [5, 5.41) is 62.7. The van der Waals surface area contributed by atoms with Gasteiger partial charge in [0.05, 0.1) is 24.6 Å². The van der Waals surface area contributed by atoms with E-state index in [-0.39, 0.29) is 56.3 Å². The molecule has 33 heteroatoms. The number of benzene rings is 1. The number of amides is 10. The number of carbonyl (C=O) groups excluding carboxylic acids is 10. The van der Waals surface area contributed by atoms with Crippen molar-refractivity contribution in [2.75, 3.05) is 12.3 Å². The first-order valence-corrected chi connectivity index (χ1v) is 28.2. The fraction of sp³-hybridized carbons (Fsp3) is 0.585. The molecule has 478 valence electrons. The van der Waals surface area contributed by atoms with Gasteiger partial charge in [0.25, 0.3) is 0 Å². The standard InChI is InChI=1S/C53H84N16O16S/c1-25(2)19-35(65-45(77)33(14-16-38(55)72)62-44(76)32(13-10-18-59-53(56)57)61-47(79)36(21-30-22-58-24-60-30)64-43(75)31(54)23-86)48(80)68-42(28(6)71)51(83)67-40(26(3)4)49(81)69-41(27(5)70)50(82)63-34(15-17-39(73)74)46(78)66-37(52(84)85)20-29-11-8-7-9-12-29/h7-9,11-12,22,24-28,31-37,40-42,70-71,86H,10,13-21,23,54H2,1-6H3,(H2,55,72)(H,58,60)(H,61,79)(H,62,76)(H,63,82)(H,64,75)(H,65,77)(H,66,78)(H,67,83)(H,68,80)(H,69,81)(H,73,74)(H,84,85)(H4,56,57,59)/t27-,28-,31+,32+,33+,34+,35+,36+,37+,40+,41+,42+/m1/s1. The minimum Gasteiger partial charge on any atom is -0.481 e. The molecule has 2 aromatic rings. The number of aliphatic hydroxyl groups is 2. The van der Waals surface area contributed by atoms with Crippen LogP contribution >= 0.6 is 12.6 Å². The average molecular weight is 1230 g/mol. The van der Waals surface area contributed by atoms with Crippen LogP contribution in [0.5, 0.6) is 0 Å². The number of nitrogens with one attached hydrogen (secondary N) is 10. The SMILES string of the molecule is CC(C)C[C@H](NC(=O)[C@H](CCC(N)=O)NC(=O)[C@H](CCCN=C(N)N)NC(=O)[C@H](Cc1cnc[nH]1)NC(=O)[C@@H](N)CS)C(=O)N[C@H](C(=O)N[C@H](C(=O)N[C@H](C(=O)N[C@@H](CCC(=O)O)C(=O)N[C@@H](Cc1ccccc1)C(=O)O)[C@@H](C)O)C(C)C)[C@@H](C)O. The Labute approximate surface area is 501 Å². The summed E-state index contributed by atoms with van der Waals surface area (Å²) >= 11 is 4.04. The number of carbonyl (C=O) groups is 12. The van der Waals surface area contributed by atoms with Gasteiger partial charge < -0.3 is 96.2 Å². The first kappa shape index (κ1) is 73.7. The van der Waals surface area contributed by atoms with E-state index in [1.54, 1.807) is 44.2 Å². The summed E-state index contributed by atoms with van der Waals surface area (Å²) in [5.41, 5.74) is 23.2. The maximum atomic E-state index is 14.2. The summed E-state index contributed by atoms with van der Waals surface area (Å²) < 4.78 is 0. The van der Waals surface area contributed by atoms with Gasteiger partial charge in [-0.3, -0.25) is 57.7 Å². The molecule has 1 aromatic heterocycles. The predicted molar refractivity (Wildman–Crippen MR) is 312 cm³/mol. The van der Waals surface area contributed by atoms with Crippen molar-refractivity contribution in [2.24, 2.45) is 39.8 Å². The number of aliphatic hydroxyl groups excluding tert-OH is 2. The molecule has 1 aromatic carbocycles. The summed E-state index contributed by atoms with van der Waals surface area (Å²) in [4.78, 5) is 171. The van der Waals surface area contributed by atoms with Gasteiger partial charge in [0.15, 0.2) is 5.96 Å². The number of hydrogen-bond donors (Lipinski definition) is 19. The van der Waals surface area contributed by atoms with Crippen LogP contribution in [0.4, 0.5) is 0 Å². The number of nitrogens with zero attached hydrogens (tertiary/aromatic N) is 2. The Morgan fingerprint density at radius 2 is 1.02 bits per heavy atom. The van der Waals surface area contributed by atoms with Gasteiger partial charge in [-0.2, -0.15) is 12.6 Å². The average Bonchev–Trinajstić information content (AvgIpc) is 2.92. The van der Waals surface area contributed by atoms with Crippen molar-refractivity contribution >= 4 is 89.6 Å². The quantitative estimate of drug-likeness (QED) is 0.0129. The lowest BCUT2D eigenvalue weighted by Crippen LogP contribution is -2.63. The fourth-order valence-corrected chi connectivity index (χ4v) is 8.41. The molecule has 0 aliphatic heterocycles. The number of guanidine groups is 1. The van der Waals surface area contributed by atoms with Gasteiger partial charge in [0, 0.05) is 49.9 Å². The van der Waals surface area contributed by atoms with Crippen LogP contribution in [-0.4, -0.2) is 192 Å². The van der Waals surface area contributed by atoms with E-state index >= 15 is 0 Å². The number of aliphatic carboxylic acids is 2. The Balaban J connectivity index is 2.40. The van der Waals surface area contributed by atoms with Crippen LogP contribution in [0.15, 0.2) is 47.8 Å². The molecule has 0 aliphatic carbocycles. The molecule has 0 unspecified atom stereocenters. The van der Waals surface area contributed by atoms with Crippen LogP contribution < -0.4 is 70.8 Å². The molecule has 0 bridgehead atoms. The number of carboxylic acids is 2. The topological polar surface area (TPSA) is 539 Å². The number of carboxylic acid groups (broad SMARTS) is 2. The minimum absolute atomic E-state index is 0.0119. The number of aromatic amines is 1. The zero-order valence-electron chi connectivity index (χ0n) is 48.7. The van der Waals surface area contributed by atoms with Crippen molar-refractivity contribution in [1.29, 1.82) is 0 Å². The van der Waals surface area contributed by atoms with Crippen LogP contribution in [-0.2, 0) is 70.4 Å². The second-order valence-corrected chi connectivity index (χ2v) is 21.5. The Morgan fingerprint density at radius 1 is 0.570 bits per heavy atom. The van der Waals surface area contributed by atoms with Crippen molar-refractivity contribution in [3.8, 4) is 0 Å². The third-order valence-electron chi connectivity index (χ3n) is 12.9. The molecule has 0 spiro atoms. The van der Waals surface area contributed by atoms with Gasteiger partial charge in [0.2, 0.25) is 59.1 Å². The van der Waals surface area contributed by atoms with Crippen LogP contribution in [0.25, 0.3) is 0 Å². The number of imidazole rings is 1. The van der Waals surface area contributed by atoms with E-state index in [1.807, 2.05) is 0 Å². The van der Waals surface area contributed by atoms with Gasteiger partial charge in [-0.05, 0) is 63.4 Å². The molecular weight excluding hydrogens is 1150 g/mol. The molecule has 22 N–H and O–H groups in total. The monoisotopic (exact) mass is 1230 g/mol. The smallest absolute Gasteiger partial charge is 0.326 e. The maximum absolute atomic E-state index is 14.2. The van der Waals surface area contributed by atoms with E-state index in [4.69, 9.17) is 22.9 Å². The number of nitrogens with two attached hydrogens (primary N) is 4. The summed E-state index contributed by atoms with van der Waals surface area (Å²) in [6, 6.07) is -7.36. The third-order valence-corrected chi connectivity index (χ3v) is 13.3. The largest absolute Gasteiger partial charge is 0.481 e. The zero-order chi connectivity index (χ0) is 65.0. The van der Waals surface area contributed by atoms with Crippen molar-refractivity contribution in [3.05, 3.63) is 54.1 Å². The minimum atomic E-state index is -1.88. The van der Waals surface area contributed by atoms with E-state index < -0.39 is 175 Å². The molecule has 0 saturated heterocycles. The van der Waals surface area contributed by atoms with Crippen LogP contribution in [0.2, 0.25) is 0 Å². The highest BCUT2D eigenvalue weighted by Gasteiger charge is 2.38. The lowest BCUT2D eigenvalue weighted by atomic mass is 9.99. The summed E-state index contributed by atoms with van der Waals surface area (Å²) in [6.07, 6.45) is -3.31. The molecule has 1 heterocycles. The molecule has 32 nitrogen and oxygen atoms in total. The number of primary amides is 1. The lowest BCUT2D eigenvalue weighted by Gasteiger charge is -2.30. The van der Waals surface area contributed by atoms with Gasteiger partial charge in [-0.15, -0.1) is 0 Å². The van der Waals surface area contributed by atoms with Crippen molar-refractivity contribution < 1.29 is 78.0 Å². The molecule has 0 saturated carbocycles. The first-order chi connectivity index (χ1) is 40.3.